The van der Waals surface area contributed by atoms with Crippen LogP contribution in [0.5, 0.6) is 0 Å². The van der Waals surface area contributed by atoms with Crippen LogP contribution in [0, 0.1) is 0 Å². The summed E-state index contributed by atoms with van der Waals surface area (Å²) in [5.74, 6) is 0.0502. The van der Waals surface area contributed by atoms with Crippen molar-refractivity contribution in [3.05, 3.63) is 66.0 Å². The number of imidazole rings is 1. The van der Waals surface area contributed by atoms with E-state index in [1.165, 1.54) is 0 Å². The highest BCUT2D eigenvalue weighted by atomic mass is 16.4. The minimum atomic E-state index is -0.962. The molecule has 0 aliphatic rings. The fourth-order valence-corrected chi connectivity index (χ4v) is 2.42. The van der Waals surface area contributed by atoms with Crippen molar-refractivity contribution in [2.24, 2.45) is 0 Å². The maximum atomic E-state index is 11.3. The molecule has 2 aromatic heterocycles. The van der Waals surface area contributed by atoms with Crippen molar-refractivity contribution in [3.63, 3.8) is 0 Å². The fraction of sp³-hybridized carbons (Fsp3) is 0.188. The summed E-state index contributed by atoms with van der Waals surface area (Å²) in [5.41, 5.74) is 1.78. The first kappa shape index (κ1) is 14.1. The molecule has 3 aromatic rings. The van der Waals surface area contributed by atoms with Crippen molar-refractivity contribution >= 4 is 5.97 Å². The highest BCUT2D eigenvalue weighted by molar-refractivity contribution is 5.91. The fourth-order valence-electron chi connectivity index (χ4n) is 2.42. The number of rotatable bonds is 5. The van der Waals surface area contributed by atoms with E-state index in [4.69, 9.17) is 0 Å². The van der Waals surface area contributed by atoms with Gasteiger partial charge >= 0.3 is 5.97 Å². The molecule has 0 amide bonds. The second-order valence-corrected chi connectivity index (χ2v) is 4.94. The Morgan fingerprint density at radius 3 is 2.91 bits per heavy atom. The van der Waals surface area contributed by atoms with Gasteiger partial charge in [0, 0.05) is 30.6 Å². The smallest absolute Gasteiger partial charge is 0.337 e. The predicted molar refractivity (Wildman–Crippen MR) is 81.2 cm³/mol. The zero-order valence-corrected chi connectivity index (χ0v) is 12.2. The number of benzene rings is 1. The van der Waals surface area contributed by atoms with Crippen molar-refractivity contribution in [1.82, 2.24) is 19.3 Å². The molecule has 2 heterocycles. The van der Waals surface area contributed by atoms with E-state index in [9.17, 15) is 9.90 Å². The molecular formula is C16H16N4O2. The second-order valence-electron chi connectivity index (χ2n) is 4.94. The van der Waals surface area contributed by atoms with Crippen LogP contribution in [0.4, 0.5) is 0 Å². The third-order valence-electron chi connectivity index (χ3n) is 3.49. The van der Waals surface area contributed by atoms with Gasteiger partial charge in [0.05, 0.1) is 24.0 Å². The molecule has 0 aliphatic carbocycles. The van der Waals surface area contributed by atoms with E-state index in [1.807, 2.05) is 12.4 Å². The molecule has 0 saturated heterocycles. The van der Waals surface area contributed by atoms with E-state index in [0.717, 1.165) is 17.8 Å². The van der Waals surface area contributed by atoms with E-state index in [-0.39, 0.29) is 5.56 Å². The molecule has 0 aliphatic heterocycles. The molecule has 1 aromatic carbocycles. The van der Waals surface area contributed by atoms with Crippen molar-refractivity contribution in [1.29, 1.82) is 0 Å². The van der Waals surface area contributed by atoms with Crippen LogP contribution in [0.15, 0.2) is 49.1 Å². The van der Waals surface area contributed by atoms with E-state index in [1.54, 1.807) is 41.3 Å². The number of nitrogens with zero attached hydrogens (tertiary/aromatic N) is 4. The lowest BCUT2D eigenvalue weighted by Gasteiger charge is -2.06. The number of aromatic nitrogens is 4. The number of hydrogen-bond donors (Lipinski definition) is 1. The van der Waals surface area contributed by atoms with Gasteiger partial charge in [-0.05, 0) is 12.1 Å². The van der Waals surface area contributed by atoms with Crippen LogP contribution in [0.25, 0.3) is 5.69 Å². The molecule has 0 saturated carbocycles. The minimum Gasteiger partial charge on any atom is -0.478 e. The molecular weight excluding hydrogens is 280 g/mol. The normalized spacial score (nSPS) is 10.8. The second kappa shape index (κ2) is 5.85. The van der Waals surface area contributed by atoms with E-state index < -0.39 is 5.97 Å². The standard InChI is InChI=1S/C16H16N4O2/c1-2-15-17-7-8-19(15)10-12-9-18-20(11-12)14-6-4-3-5-13(14)16(21)22/h3-9,11H,2,10H2,1H3,(H,21,22). The molecule has 1 N–H and O–H groups in total. The van der Waals surface area contributed by atoms with Crippen molar-refractivity contribution in [3.8, 4) is 5.69 Å². The number of aromatic carboxylic acids is 1. The van der Waals surface area contributed by atoms with Crippen molar-refractivity contribution in [2.45, 2.75) is 19.9 Å². The topological polar surface area (TPSA) is 72.9 Å². The number of carbonyl (C=O) groups is 1. The predicted octanol–water partition coefficient (Wildman–Crippen LogP) is 2.38. The molecule has 0 bridgehead atoms. The summed E-state index contributed by atoms with van der Waals surface area (Å²) < 4.78 is 3.66. The zero-order chi connectivity index (χ0) is 15.5. The largest absolute Gasteiger partial charge is 0.478 e. The summed E-state index contributed by atoms with van der Waals surface area (Å²) in [4.78, 5) is 15.6. The first-order chi connectivity index (χ1) is 10.7. The third kappa shape index (κ3) is 2.63. The molecule has 0 atom stereocenters. The van der Waals surface area contributed by atoms with Gasteiger partial charge in [-0.25, -0.2) is 14.5 Å². The van der Waals surface area contributed by atoms with Crippen LogP contribution in [0.2, 0.25) is 0 Å². The summed E-state index contributed by atoms with van der Waals surface area (Å²) in [6, 6.07) is 6.82. The molecule has 0 spiro atoms. The Balaban J connectivity index is 1.90. The highest BCUT2D eigenvalue weighted by Crippen LogP contribution is 2.15. The van der Waals surface area contributed by atoms with Gasteiger partial charge in [0.1, 0.15) is 5.82 Å². The third-order valence-corrected chi connectivity index (χ3v) is 3.49. The molecule has 3 rings (SSSR count). The van der Waals surface area contributed by atoms with Crippen LogP contribution in [-0.2, 0) is 13.0 Å². The zero-order valence-electron chi connectivity index (χ0n) is 12.2. The number of aryl methyl sites for hydroxylation is 1. The lowest BCUT2D eigenvalue weighted by atomic mass is 10.2. The van der Waals surface area contributed by atoms with E-state index in [0.29, 0.717) is 12.2 Å². The molecule has 0 radical (unpaired) electrons. The van der Waals surface area contributed by atoms with Gasteiger partial charge in [0.2, 0.25) is 0 Å². The average Bonchev–Trinajstić information content (AvgIpc) is 3.16. The molecule has 0 unspecified atom stereocenters. The van der Waals surface area contributed by atoms with Gasteiger partial charge in [-0.1, -0.05) is 19.1 Å². The Kier molecular flexibility index (Phi) is 3.74. The van der Waals surface area contributed by atoms with Gasteiger partial charge in [-0.3, -0.25) is 0 Å². The first-order valence-corrected chi connectivity index (χ1v) is 7.05. The monoisotopic (exact) mass is 296 g/mol. The first-order valence-electron chi connectivity index (χ1n) is 7.05. The maximum absolute atomic E-state index is 11.3. The van der Waals surface area contributed by atoms with E-state index >= 15 is 0 Å². The highest BCUT2D eigenvalue weighted by Gasteiger charge is 2.12. The van der Waals surface area contributed by atoms with Crippen LogP contribution in [-0.4, -0.2) is 30.4 Å². The summed E-state index contributed by atoms with van der Waals surface area (Å²) in [7, 11) is 0. The maximum Gasteiger partial charge on any atom is 0.337 e. The van der Waals surface area contributed by atoms with E-state index in [2.05, 4.69) is 21.6 Å². The van der Waals surface area contributed by atoms with Crippen LogP contribution in [0.1, 0.15) is 28.7 Å². The Morgan fingerprint density at radius 2 is 2.14 bits per heavy atom. The van der Waals surface area contributed by atoms with Crippen molar-refractivity contribution < 1.29 is 9.90 Å². The molecule has 0 fully saturated rings. The molecule has 112 valence electrons. The van der Waals surface area contributed by atoms with Gasteiger partial charge < -0.3 is 9.67 Å². The number of carboxylic acids is 1. The lowest BCUT2D eigenvalue weighted by Crippen LogP contribution is -2.05. The summed E-state index contributed by atoms with van der Waals surface area (Å²) in [5, 5.41) is 13.5. The summed E-state index contributed by atoms with van der Waals surface area (Å²) in [6.07, 6.45) is 8.17. The van der Waals surface area contributed by atoms with Gasteiger partial charge in [-0.2, -0.15) is 5.10 Å². The molecule has 22 heavy (non-hydrogen) atoms. The summed E-state index contributed by atoms with van der Waals surface area (Å²) in [6.45, 7) is 2.73. The SMILES string of the molecule is CCc1nccn1Cc1cnn(-c2ccccc2C(=O)O)c1. The molecule has 6 nitrogen and oxygen atoms in total. The van der Waals surface area contributed by atoms with Crippen molar-refractivity contribution in [2.75, 3.05) is 0 Å². The quantitative estimate of drug-likeness (QED) is 0.784. The summed E-state index contributed by atoms with van der Waals surface area (Å²) >= 11 is 0. The van der Waals surface area contributed by atoms with Crippen LogP contribution >= 0.6 is 0 Å². The molecule has 6 heteroatoms. The lowest BCUT2D eigenvalue weighted by molar-refractivity contribution is 0.0696. The minimum absolute atomic E-state index is 0.231. The average molecular weight is 296 g/mol. The Bertz CT molecular complexity index is 804. The van der Waals surface area contributed by atoms with Crippen LogP contribution in [0.3, 0.4) is 0 Å². The van der Waals surface area contributed by atoms with Gasteiger partial charge in [0.15, 0.2) is 0 Å². The number of hydrogen-bond acceptors (Lipinski definition) is 3. The van der Waals surface area contributed by atoms with Crippen LogP contribution < -0.4 is 0 Å². The van der Waals surface area contributed by atoms with Gasteiger partial charge in [-0.15, -0.1) is 0 Å². The number of carboxylic acid groups (broad SMARTS) is 1. The number of para-hydroxylation sites is 1. The Hall–Kier alpha value is -2.89. The Labute approximate surface area is 127 Å². The van der Waals surface area contributed by atoms with Gasteiger partial charge in [0.25, 0.3) is 0 Å². The Morgan fingerprint density at radius 1 is 1.32 bits per heavy atom.